The van der Waals surface area contributed by atoms with Crippen LogP contribution in [0.4, 0.5) is 5.13 Å². The normalized spacial score (nSPS) is 16.0. The summed E-state index contributed by atoms with van der Waals surface area (Å²) < 4.78 is 4.58. The maximum absolute atomic E-state index is 13.2. The second-order valence-corrected chi connectivity index (χ2v) is 9.62. The van der Waals surface area contributed by atoms with Gasteiger partial charge in [0.1, 0.15) is 5.82 Å². The topological polar surface area (TPSA) is 49.3 Å². The van der Waals surface area contributed by atoms with Crippen molar-refractivity contribution in [2.45, 2.75) is 26.3 Å². The van der Waals surface area contributed by atoms with Crippen LogP contribution < -0.4 is 4.90 Å². The Labute approximate surface area is 204 Å². The first-order valence-electron chi connectivity index (χ1n) is 11.7. The number of carbonyl (C=O) groups excluding carboxylic acids is 1. The number of rotatable bonds is 5. The molecule has 0 N–H and O–H groups in total. The van der Waals surface area contributed by atoms with Crippen molar-refractivity contribution in [1.29, 1.82) is 0 Å². The van der Waals surface area contributed by atoms with E-state index in [1.54, 1.807) is 0 Å². The first-order valence-corrected chi connectivity index (χ1v) is 12.4. The lowest BCUT2D eigenvalue weighted by atomic mass is 10.0. The molecule has 4 aromatic rings. The van der Waals surface area contributed by atoms with Crippen molar-refractivity contribution >= 4 is 22.6 Å². The highest BCUT2D eigenvalue weighted by atomic mass is 32.1. The SMILES string of the molecule is Cc1ccc(Cc2nsc(N3CCN(C(=O)c4ccc(-c5ccccc5)cc4)C(C)C3)n2)cc1. The van der Waals surface area contributed by atoms with Gasteiger partial charge in [-0.15, -0.1) is 0 Å². The summed E-state index contributed by atoms with van der Waals surface area (Å²) in [6.07, 6.45) is 0.740. The van der Waals surface area contributed by atoms with Crippen molar-refractivity contribution in [3.63, 3.8) is 0 Å². The monoisotopic (exact) mass is 468 g/mol. The quantitative estimate of drug-likeness (QED) is 0.391. The van der Waals surface area contributed by atoms with Crippen LogP contribution in [0.5, 0.6) is 0 Å². The highest BCUT2D eigenvalue weighted by Crippen LogP contribution is 2.24. The summed E-state index contributed by atoms with van der Waals surface area (Å²) in [4.78, 5) is 22.2. The van der Waals surface area contributed by atoms with Crippen LogP contribution in [0.3, 0.4) is 0 Å². The largest absolute Gasteiger partial charge is 0.343 e. The summed E-state index contributed by atoms with van der Waals surface area (Å²) in [6.45, 7) is 6.39. The van der Waals surface area contributed by atoms with Crippen LogP contribution >= 0.6 is 11.5 Å². The molecular formula is C28H28N4OS. The van der Waals surface area contributed by atoms with Gasteiger partial charge < -0.3 is 9.80 Å². The number of aryl methyl sites for hydroxylation is 1. The van der Waals surface area contributed by atoms with Crippen molar-refractivity contribution in [3.8, 4) is 11.1 Å². The molecule has 0 spiro atoms. The molecule has 0 radical (unpaired) electrons. The minimum Gasteiger partial charge on any atom is -0.343 e. The highest BCUT2D eigenvalue weighted by molar-refractivity contribution is 7.09. The summed E-state index contributed by atoms with van der Waals surface area (Å²) in [5.74, 6) is 0.942. The maximum Gasteiger partial charge on any atom is 0.254 e. The number of benzene rings is 3. The summed E-state index contributed by atoms with van der Waals surface area (Å²) >= 11 is 1.45. The molecule has 5 rings (SSSR count). The van der Waals surface area contributed by atoms with Gasteiger partial charge in [0, 0.05) is 49.2 Å². The summed E-state index contributed by atoms with van der Waals surface area (Å²) in [6, 6.07) is 26.8. The number of amides is 1. The van der Waals surface area contributed by atoms with Gasteiger partial charge in [-0.1, -0.05) is 72.3 Å². The number of hydrogen-bond donors (Lipinski definition) is 0. The molecular weight excluding hydrogens is 440 g/mol. The molecule has 1 unspecified atom stereocenters. The zero-order chi connectivity index (χ0) is 23.5. The van der Waals surface area contributed by atoms with E-state index in [0.717, 1.165) is 47.2 Å². The molecule has 0 aliphatic carbocycles. The van der Waals surface area contributed by atoms with Gasteiger partial charge in [0.15, 0.2) is 0 Å². The maximum atomic E-state index is 13.2. The smallest absolute Gasteiger partial charge is 0.254 e. The lowest BCUT2D eigenvalue weighted by Gasteiger charge is -2.39. The van der Waals surface area contributed by atoms with E-state index in [1.165, 1.54) is 22.7 Å². The van der Waals surface area contributed by atoms with E-state index < -0.39 is 0 Å². The fourth-order valence-corrected chi connectivity index (χ4v) is 5.09. The standard InChI is InChI=1S/C28H28N4OS/c1-20-8-10-22(11-9-20)18-26-29-28(34-30-26)31-16-17-32(21(2)19-31)27(33)25-14-12-24(13-15-25)23-6-4-3-5-7-23/h3-15,21H,16-19H2,1-2H3. The molecule has 1 aliphatic heterocycles. The van der Waals surface area contributed by atoms with E-state index in [-0.39, 0.29) is 11.9 Å². The Morgan fingerprint density at radius 1 is 0.941 bits per heavy atom. The fourth-order valence-electron chi connectivity index (χ4n) is 4.37. The van der Waals surface area contributed by atoms with Crippen LogP contribution in [0.15, 0.2) is 78.9 Å². The minimum atomic E-state index is 0.0871. The molecule has 1 saturated heterocycles. The predicted molar refractivity (Wildman–Crippen MR) is 138 cm³/mol. The molecule has 0 bridgehead atoms. The zero-order valence-corrected chi connectivity index (χ0v) is 20.3. The van der Waals surface area contributed by atoms with Crippen molar-refractivity contribution < 1.29 is 4.79 Å². The number of nitrogens with zero attached hydrogens (tertiary/aromatic N) is 4. The van der Waals surface area contributed by atoms with Crippen LogP contribution in [-0.2, 0) is 6.42 Å². The highest BCUT2D eigenvalue weighted by Gasteiger charge is 2.29. The summed E-state index contributed by atoms with van der Waals surface area (Å²) in [5.41, 5.74) is 5.48. The van der Waals surface area contributed by atoms with Crippen LogP contribution in [0.2, 0.25) is 0 Å². The Morgan fingerprint density at radius 3 is 2.35 bits per heavy atom. The van der Waals surface area contributed by atoms with E-state index in [9.17, 15) is 4.79 Å². The van der Waals surface area contributed by atoms with Crippen LogP contribution in [0, 0.1) is 6.92 Å². The minimum absolute atomic E-state index is 0.0871. The van der Waals surface area contributed by atoms with E-state index >= 15 is 0 Å². The third-order valence-corrected chi connectivity index (χ3v) is 7.15. The Morgan fingerprint density at radius 2 is 1.65 bits per heavy atom. The third-order valence-electron chi connectivity index (χ3n) is 6.34. The first-order chi connectivity index (χ1) is 16.6. The third kappa shape index (κ3) is 4.87. The van der Waals surface area contributed by atoms with E-state index in [1.807, 2.05) is 47.4 Å². The molecule has 34 heavy (non-hydrogen) atoms. The lowest BCUT2D eigenvalue weighted by molar-refractivity contribution is 0.0674. The van der Waals surface area contributed by atoms with Crippen LogP contribution in [0.25, 0.3) is 11.1 Å². The van der Waals surface area contributed by atoms with Crippen LogP contribution in [-0.4, -0.2) is 45.8 Å². The second kappa shape index (κ2) is 9.77. The van der Waals surface area contributed by atoms with Gasteiger partial charge in [0.2, 0.25) is 5.13 Å². The number of carbonyl (C=O) groups is 1. The van der Waals surface area contributed by atoms with E-state index in [0.29, 0.717) is 6.54 Å². The lowest BCUT2D eigenvalue weighted by Crippen LogP contribution is -2.54. The number of piperazine rings is 1. The van der Waals surface area contributed by atoms with Crippen molar-refractivity contribution in [2.75, 3.05) is 24.5 Å². The average Bonchev–Trinajstić information content (AvgIpc) is 3.34. The molecule has 172 valence electrons. The molecule has 1 amide bonds. The van der Waals surface area contributed by atoms with Gasteiger partial charge in [0.05, 0.1) is 0 Å². The molecule has 2 heterocycles. The number of hydrogen-bond acceptors (Lipinski definition) is 5. The Kier molecular flexibility index (Phi) is 6.41. The molecule has 1 atom stereocenters. The molecule has 1 aliphatic rings. The molecule has 6 heteroatoms. The predicted octanol–water partition coefficient (Wildman–Crippen LogP) is 5.46. The van der Waals surface area contributed by atoms with Gasteiger partial charge in [-0.25, -0.2) is 4.98 Å². The number of anilines is 1. The zero-order valence-electron chi connectivity index (χ0n) is 19.5. The molecule has 0 saturated carbocycles. The van der Waals surface area contributed by atoms with Gasteiger partial charge in [-0.2, -0.15) is 4.37 Å². The second-order valence-electron chi connectivity index (χ2n) is 8.89. The summed E-state index contributed by atoms with van der Waals surface area (Å²) in [7, 11) is 0. The van der Waals surface area contributed by atoms with Gasteiger partial charge in [0.25, 0.3) is 5.91 Å². The average molecular weight is 469 g/mol. The van der Waals surface area contributed by atoms with Crippen molar-refractivity contribution in [3.05, 3.63) is 101 Å². The fraction of sp³-hybridized carbons (Fsp3) is 0.250. The van der Waals surface area contributed by atoms with E-state index in [4.69, 9.17) is 4.98 Å². The van der Waals surface area contributed by atoms with Gasteiger partial charge in [-0.3, -0.25) is 4.79 Å². The Balaban J connectivity index is 1.21. The van der Waals surface area contributed by atoms with E-state index in [2.05, 4.69) is 59.5 Å². The molecule has 1 aromatic heterocycles. The molecule has 3 aromatic carbocycles. The first kappa shape index (κ1) is 22.3. The summed E-state index contributed by atoms with van der Waals surface area (Å²) in [5, 5.41) is 0.938. The Hall–Kier alpha value is -3.51. The van der Waals surface area contributed by atoms with Crippen molar-refractivity contribution in [2.24, 2.45) is 0 Å². The number of aromatic nitrogens is 2. The molecule has 5 nitrogen and oxygen atoms in total. The Bertz CT molecular complexity index is 1250. The van der Waals surface area contributed by atoms with Gasteiger partial charge in [-0.05, 0) is 42.7 Å². The molecule has 1 fully saturated rings. The van der Waals surface area contributed by atoms with Crippen LogP contribution in [0.1, 0.15) is 34.2 Å². The van der Waals surface area contributed by atoms with Crippen molar-refractivity contribution in [1.82, 2.24) is 14.3 Å². The van der Waals surface area contributed by atoms with Gasteiger partial charge >= 0.3 is 0 Å².